The van der Waals surface area contributed by atoms with Gasteiger partial charge in [0.05, 0.1) is 22.9 Å². The number of carbonyl (C=O) groups excluding carboxylic acids is 2. The van der Waals surface area contributed by atoms with Crippen LogP contribution in [0.3, 0.4) is 0 Å². The lowest BCUT2D eigenvalue weighted by molar-refractivity contribution is -0.113. The van der Waals surface area contributed by atoms with Gasteiger partial charge in [-0.3, -0.25) is 15.0 Å². The first-order valence-electron chi connectivity index (χ1n) is 8.01. The summed E-state index contributed by atoms with van der Waals surface area (Å²) in [5.41, 5.74) is 2.91. The number of rotatable bonds is 6. The first-order valence-corrected chi connectivity index (χ1v) is 10.5. The van der Waals surface area contributed by atoms with Crippen molar-refractivity contribution in [1.29, 1.82) is 0 Å². The summed E-state index contributed by atoms with van der Waals surface area (Å²) in [5, 5.41) is 2.68. The molecule has 0 atom stereocenters. The Morgan fingerprint density at radius 1 is 1.22 bits per heavy atom. The second-order valence-corrected chi connectivity index (χ2v) is 8.21. The van der Waals surface area contributed by atoms with Crippen LogP contribution in [0.1, 0.15) is 17.3 Å². The van der Waals surface area contributed by atoms with Gasteiger partial charge in [-0.25, -0.2) is 8.42 Å². The van der Waals surface area contributed by atoms with E-state index in [-0.39, 0.29) is 16.4 Å². The lowest BCUT2D eigenvalue weighted by Crippen LogP contribution is -2.41. The normalized spacial score (nSPS) is 13.4. The molecule has 0 spiro atoms. The number of benzene rings is 2. The van der Waals surface area contributed by atoms with E-state index in [0.717, 1.165) is 4.90 Å². The minimum Gasteiger partial charge on any atom is -0.494 e. The topological polar surface area (TPSA) is 114 Å². The fourth-order valence-electron chi connectivity index (χ4n) is 2.35. The van der Waals surface area contributed by atoms with Gasteiger partial charge in [0.15, 0.2) is 0 Å². The fraction of sp³-hybridized carbons (Fsp3) is 0.176. The van der Waals surface area contributed by atoms with E-state index in [0.29, 0.717) is 23.8 Å². The number of carbonyl (C=O) groups is 2. The Bertz CT molecular complexity index is 975. The first kappa shape index (κ1) is 19.2. The summed E-state index contributed by atoms with van der Waals surface area (Å²) in [4.78, 5) is 26.6. The second-order valence-electron chi connectivity index (χ2n) is 5.51. The van der Waals surface area contributed by atoms with Crippen LogP contribution in [0.4, 0.5) is 5.69 Å². The molecule has 2 amide bonds. The van der Waals surface area contributed by atoms with Crippen molar-refractivity contribution in [3.63, 3.8) is 0 Å². The number of hydrazine groups is 1. The van der Waals surface area contributed by atoms with Gasteiger partial charge in [-0.15, -0.1) is 16.6 Å². The third-order valence-electron chi connectivity index (χ3n) is 3.62. The summed E-state index contributed by atoms with van der Waals surface area (Å²) in [6.07, 6.45) is 0. The zero-order valence-electron chi connectivity index (χ0n) is 14.3. The van der Waals surface area contributed by atoms with Gasteiger partial charge < -0.3 is 10.1 Å². The molecule has 0 aliphatic carbocycles. The van der Waals surface area contributed by atoms with Crippen LogP contribution in [0.15, 0.2) is 52.3 Å². The van der Waals surface area contributed by atoms with E-state index in [2.05, 4.69) is 15.6 Å². The van der Waals surface area contributed by atoms with Gasteiger partial charge >= 0.3 is 0 Å². The highest BCUT2D eigenvalue weighted by molar-refractivity contribution is 8.00. The molecule has 3 N–H and O–H groups in total. The van der Waals surface area contributed by atoms with Crippen LogP contribution in [0.25, 0.3) is 0 Å². The maximum Gasteiger partial charge on any atom is 0.266 e. The third kappa shape index (κ3) is 4.59. The maximum absolute atomic E-state index is 12.3. The Morgan fingerprint density at radius 2 is 1.96 bits per heavy atom. The molecule has 0 aromatic heterocycles. The van der Waals surface area contributed by atoms with Gasteiger partial charge in [0.2, 0.25) is 5.91 Å². The minimum atomic E-state index is -3.93. The molecule has 1 aliphatic heterocycles. The zero-order valence-corrected chi connectivity index (χ0v) is 15.9. The smallest absolute Gasteiger partial charge is 0.266 e. The molecule has 1 heterocycles. The summed E-state index contributed by atoms with van der Waals surface area (Å²) in [6, 6.07) is 10.6. The summed E-state index contributed by atoms with van der Waals surface area (Å²) in [7, 11) is -3.93. The minimum absolute atomic E-state index is 0.0136. The van der Waals surface area contributed by atoms with E-state index in [1.807, 2.05) is 6.92 Å². The largest absolute Gasteiger partial charge is 0.494 e. The molecule has 0 fully saturated rings. The highest BCUT2D eigenvalue weighted by Crippen LogP contribution is 2.31. The van der Waals surface area contributed by atoms with Crippen LogP contribution in [0.2, 0.25) is 0 Å². The van der Waals surface area contributed by atoms with Crippen molar-refractivity contribution in [3.05, 3.63) is 48.0 Å². The standard InChI is InChI=1S/C17H17N3O5S2/c1-2-25-12-4-6-13(7-5-12)27(23,24)20-19-17(22)11-3-8-15-14(9-11)18-16(21)10-26-15/h3-9,20H,2,10H2,1H3,(H,18,21)(H,19,22). The molecule has 10 heteroatoms. The van der Waals surface area contributed by atoms with Crippen LogP contribution < -0.4 is 20.3 Å². The van der Waals surface area contributed by atoms with Gasteiger partial charge in [0.1, 0.15) is 5.75 Å². The quantitative estimate of drug-likeness (QED) is 0.629. The molecule has 2 aromatic carbocycles. The lowest BCUT2D eigenvalue weighted by atomic mass is 10.2. The number of hydrogen-bond donors (Lipinski definition) is 3. The van der Waals surface area contributed by atoms with Gasteiger partial charge in [-0.2, -0.15) is 0 Å². The van der Waals surface area contributed by atoms with Crippen molar-refractivity contribution < 1.29 is 22.7 Å². The average Bonchev–Trinajstić information content (AvgIpc) is 2.66. The van der Waals surface area contributed by atoms with Crippen LogP contribution in [0.5, 0.6) is 5.75 Å². The molecule has 2 aromatic rings. The predicted molar refractivity (Wildman–Crippen MR) is 101 cm³/mol. The predicted octanol–water partition coefficient (Wildman–Crippen LogP) is 1.75. The van der Waals surface area contributed by atoms with E-state index in [1.165, 1.54) is 42.1 Å². The van der Waals surface area contributed by atoms with Crippen molar-refractivity contribution in [3.8, 4) is 5.75 Å². The summed E-state index contributed by atoms with van der Waals surface area (Å²) in [5.74, 6) is 0.0771. The third-order valence-corrected chi connectivity index (χ3v) is 5.96. The van der Waals surface area contributed by atoms with Crippen LogP contribution >= 0.6 is 11.8 Å². The highest BCUT2D eigenvalue weighted by Gasteiger charge is 2.19. The number of ether oxygens (including phenoxy) is 1. The number of fused-ring (bicyclic) bond motifs is 1. The Hall–Kier alpha value is -2.56. The van der Waals surface area contributed by atoms with E-state index < -0.39 is 15.9 Å². The van der Waals surface area contributed by atoms with E-state index in [4.69, 9.17) is 4.74 Å². The molecule has 27 heavy (non-hydrogen) atoms. The summed E-state index contributed by atoms with van der Waals surface area (Å²) < 4.78 is 29.8. The molecular weight excluding hydrogens is 390 g/mol. The van der Waals surface area contributed by atoms with Gasteiger partial charge in [0.25, 0.3) is 15.9 Å². The Balaban J connectivity index is 1.67. The van der Waals surface area contributed by atoms with Gasteiger partial charge in [-0.1, -0.05) is 0 Å². The van der Waals surface area contributed by atoms with Crippen LogP contribution in [-0.4, -0.2) is 32.6 Å². The summed E-state index contributed by atoms with van der Waals surface area (Å²) in [6.45, 7) is 2.30. The zero-order chi connectivity index (χ0) is 19.4. The number of anilines is 1. The Labute approximate surface area is 160 Å². The van der Waals surface area contributed by atoms with Crippen molar-refractivity contribution in [2.45, 2.75) is 16.7 Å². The molecule has 0 bridgehead atoms. The van der Waals surface area contributed by atoms with Crippen molar-refractivity contribution in [2.75, 3.05) is 17.7 Å². The van der Waals surface area contributed by atoms with Gasteiger partial charge in [-0.05, 0) is 49.4 Å². The van der Waals surface area contributed by atoms with Crippen LogP contribution in [0, 0.1) is 0 Å². The summed E-state index contributed by atoms with van der Waals surface area (Å²) >= 11 is 1.37. The first-order chi connectivity index (χ1) is 12.9. The lowest BCUT2D eigenvalue weighted by Gasteiger charge is -2.17. The van der Waals surface area contributed by atoms with Crippen molar-refractivity contribution in [1.82, 2.24) is 10.3 Å². The SMILES string of the molecule is CCOc1ccc(S(=O)(=O)NNC(=O)c2ccc3c(c2)NC(=O)CS3)cc1. The van der Waals surface area contributed by atoms with E-state index in [1.54, 1.807) is 12.1 Å². The monoisotopic (exact) mass is 407 g/mol. The molecule has 0 unspecified atom stereocenters. The van der Waals surface area contributed by atoms with E-state index >= 15 is 0 Å². The number of sulfonamides is 1. The molecule has 0 radical (unpaired) electrons. The number of hydrogen-bond acceptors (Lipinski definition) is 6. The Morgan fingerprint density at radius 3 is 2.67 bits per heavy atom. The number of thioether (sulfide) groups is 1. The molecule has 1 aliphatic rings. The van der Waals surface area contributed by atoms with Crippen molar-refractivity contribution >= 4 is 39.3 Å². The molecule has 0 saturated carbocycles. The average molecular weight is 407 g/mol. The maximum atomic E-state index is 12.3. The molecule has 142 valence electrons. The highest BCUT2D eigenvalue weighted by atomic mass is 32.2. The fourth-order valence-corrected chi connectivity index (χ4v) is 3.98. The van der Waals surface area contributed by atoms with E-state index in [9.17, 15) is 18.0 Å². The molecule has 3 rings (SSSR count). The molecule has 8 nitrogen and oxygen atoms in total. The van der Waals surface area contributed by atoms with Crippen molar-refractivity contribution in [2.24, 2.45) is 0 Å². The molecule has 0 saturated heterocycles. The number of amides is 2. The Kier molecular flexibility index (Phi) is 5.68. The second kappa shape index (κ2) is 7.99. The molecular formula is C17H17N3O5S2. The van der Waals surface area contributed by atoms with Gasteiger partial charge in [0, 0.05) is 10.5 Å². The number of nitrogens with one attached hydrogen (secondary N) is 3. The van der Waals surface area contributed by atoms with Crippen LogP contribution in [-0.2, 0) is 14.8 Å².